The first-order valence-corrected chi connectivity index (χ1v) is 7.84. The van der Waals surface area contributed by atoms with Gasteiger partial charge in [0.2, 0.25) is 11.8 Å². The summed E-state index contributed by atoms with van der Waals surface area (Å²) in [6.45, 7) is 1.51. The van der Waals surface area contributed by atoms with Crippen molar-refractivity contribution in [3.8, 4) is 0 Å². The quantitative estimate of drug-likeness (QED) is 0.849. The number of nitrogens with zero attached hydrogens (tertiary/aromatic N) is 2. The van der Waals surface area contributed by atoms with E-state index in [1.165, 1.54) is 11.8 Å². The van der Waals surface area contributed by atoms with Crippen LogP contribution in [0.5, 0.6) is 0 Å². The Morgan fingerprint density at radius 1 is 1.30 bits per heavy atom. The van der Waals surface area contributed by atoms with Gasteiger partial charge in [0.25, 0.3) is 10.0 Å². The second kappa shape index (κ2) is 5.80. The topological polar surface area (TPSA) is 96.4 Å². The Hall–Kier alpha value is -2.17. The van der Waals surface area contributed by atoms with Gasteiger partial charge in [-0.3, -0.25) is 9.59 Å². The third kappa shape index (κ3) is 3.78. The highest BCUT2D eigenvalue weighted by atomic mass is 32.2. The SMILES string of the molecule is CC(=O)N1CC(C(=O)NS(=O)(=O)c2ccc(C(F)(F)F)cn2)C1. The van der Waals surface area contributed by atoms with Crippen molar-refractivity contribution >= 4 is 21.8 Å². The van der Waals surface area contributed by atoms with Crippen LogP contribution in [0.25, 0.3) is 0 Å². The van der Waals surface area contributed by atoms with Crippen molar-refractivity contribution in [1.82, 2.24) is 14.6 Å². The molecule has 0 aromatic carbocycles. The smallest absolute Gasteiger partial charge is 0.341 e. The number of pyridine rings is 1. The summed E-state index contributed by atoms with van der Waals surface area (Å²) < 4.78 is 62.7. The summed E-state index contributed by atoms with van der Waals surface area (Å²) in [5, 5.41) is -0.693. The maximum absolute atomic E-state index is 12.4. The van der Waals surface area contributed by atoms with Gasteiger partial charge >= 0.3 is 6.18 Å². The molecule has 0 unspecified atom stereocenters. The molecule has 0 saturated carbocycles. The molecule has 1 aliphatic rings. The Morgan fingerprint density at radius 3 is 2.35 bits per heavy atom. The predicted molar refractivity (Wildman–Crippen MR) is 70.3 cm³/mol. The normalized spacial score (nSPS) is 15.9. The molecule has 11 heteroatoms. The zero-order valence-electron chi connectivity index (χ0n) is 11.8. The molecule has 0 spiro atoms. The van der Waals surface area contributed by atoms with Gasteiger partial charge in [0.15, 0.2) is 5.03 Å². The molecule has 2 rings (SSSR count). The summed E-state index contributed by atoms with van der Waals surface area (Å²) >= 11 is 0. The second-order valence-electron chi connectivity index (χ2n) is 4.97. The minimum Gasteiger partial charge on any atom is -0.341 e. The number of sulfonamides is 1. The number of alkyl halides is 3. The Balaban J connectivity index is 2.05. The van der Waals surface area contributed by atoms with Crippen molar-refractivity contribution in [1.29, 1.82) is 0 Å². The lowest BCUT2D eigenvalue weighted by Crippen LogP contribution is -2.55. The molecule has 23 heavy (non-hydrogen) atoms. The fraction of sp³-hybridized carbons (Fsp3) is 0.417. The van der Waals surface area contributed by atoms with Crippen LogP contribution < -0.4 is 4.72 Å². The van der Waals surface area contributed by atoms with Crippen LogP contribution in [0.4, 0.5) is 13.2 Å². The largest absolute Gasteiger partial charge is 0.417 e. The van der Waals surface area contributed by atoms with Gasteiger partial charge in [-0.1, -0.05) is 0 Å². The highest BCUT2D eigenvalue weighted by Gasteiger charge is 2.36. The number of rotatable bonds is 3. The van der Waals surface area contributed by atoms with Crippen LogP contribution in [-0.4, -0.2) is 43.2 Å². The number of hydrogen-bond donors (Lipinski definition) is 1. The van der Waals surface area contributed by atoms with Gasteiger partial charge < -0.3 is 4.90 Å². The Bertz CT molecular complexity index is 725. The number of halogens is 3. The molecule has 2 heterocycles. The van der Waals surface area contributed by atoms with Crippen molar-refractivity contribution in [2.24, 2.45) is 5.92 Å². The Kier molecular flexibility index (Phi) is 4.33. The average Bonchev–Trinajstić information content (AvgIpc) is 2.34. The minimum absolute atomic E-state index is 0.0944. The van der Waals surface area contributed by atoms with E-state index >= 15 is 0 Å². The molecule has 0 bridgehead atoms. The van der Waals surface area contributed by atoms with E-state index < -0.39 is 38.6 Å². The van der Waals surface area contributed by atoms with Crippen LogP contribution in [0.2, 0.25) is 0 Å². The molecular weight excluding hydrogens is 339 g/mol. The van der Waals surface area contributed by atoms with Gasteiger partial charge in [0, 0.05) is 26.2 Å². The summed E-state index contributed by atoms with van der Waals surface area (Å²) in [6, 6.07) is 1.23. The van der Waals surface area contributed by atoms with E-state index in [0.29, 0.717) is 18.3 Å². The average molecular weight is 351 g/mol. The van der Waals surface area contributed by atoms with Gasteiger partial charge in [0.05, 0.1) is 11.5 Å². The van der Waals surface area contributed by atoms with Gasteiger partial charge in [-0.25, -0.2) is 9.71 Å². The van der Waals surface area contributed by atoms with Crippen LogP contribution in [0, 0.1) is 5.92 Å². The van der Waals surface area contributed by atoms with E-state index in [4.69, 9.17) is 0 Å². The van der Waals surface area contributed by atoms with Crippen LogP contribution in [-0.2, 0) is 25.8 Å². The van der Waals surface area contributed by atoms with E-state index in [9.17, 15) is 31.2 Å². The van der Waals surface area contributed by atoms with Gasteiger partial charge in [-0.15, -0.1) is 0 Å². The maximum atomic E-state index is 12.4. The summed E-state index contributed by atoms with van der Waals surface area (Å²) in [5.41, 5.74) is -1.10. The number of nitrogens with one attached hydrogen (secondary N) is 1. The molecule has 1 aromatic rings. The van der Waals surface area contributed by atoms with E-state index in [0.717, 1.165) is 0 Å². The van der Waals surface area contributed by atoms with Crippen LogP contribution in [0.1, 0.15) is 12.5 Å². The number of carbonyl (C=O) groups is 2. The van der Waals surface area contributed by atoms with Crippen molar-refractivity contribution in [3.63, 3.8) is 0 Å². The standard InChI is InChI=1S/C12H12F3N3O4S/c1-7(19)18-5-8(6-18)11(20)17-23(21,22)10-3-2-9(4-16-10)12(13,14)15/h2-4,8H,5-6H2,1H3,(H,17,20). The van der Waals surface area contributed by atoms with Gasteiger partial charge in [-0.05, 0) is 12.1 Å². The first kappa shape index (κ1) is 17.2. The molecule has 1 N–H and O–H groups in total. The number of likely N-dealkylation sites (tertiary alicyclic amines) is 1. The molecule has 2 amide bonds. The molecule has 1 saturated heterocycles. The molecular formula is C12H12F3N3O4S. The zero-order valence-corrected chi connectivity index (χ0v) is 12.6. The predicted octanol–water partition coefficient (Wildman–Crippen LogP) is 0.384. The number of aromatic nitrogens is 1. The van der Waals surface area contributed by atoms with Gasteiger partial charge in [0.1, 0.15) is 0 Å². The van der Waals surface area contributed by atoms with E-state index in [1.807, 2.05) is 0 Å². The second-order valence-corrected chi connectivity index (χ2v) is 6.60. The fourth-order valence-corrected chi connectivity index (χ4v) is 2.85. The summed E-state index contributed by atoms with van der Waals surface area (Å²) in [6.07, 6.45) is -4.26. The first-order chi connectivity index (χ1) is 10.5. The fourth-order valence-electron chi connectivity index (χ4n) is 1.88. The molecule has 7 nitrogen and oxygen atoms in total. The Morgan fingerprint density at radius 2 is 1.91 bits per heavy atom. The lowest BCUT2D eigenvalue weighted by Gasteiger charge is -2.37. The molecule has 1 fully saturated rings. The van der Waals surface area contributed by atoms with Crippen molar-refractivity contribution < 1.29 is 31.2 Å². The van der Waals surface area contributed by atoms with Crippen molar-refractivity contribution in [2.45, 2.75) is 18.1 Å². The van der Waals surface area contributed by atoms with Crippen molar-refractivity contribution in [2.75, 3.05) is 13.1 Å². The van der Waals surface area contributed by atoms with Gasteiger partial charge in [-0.2, -0.15) is 21.6 Å². The van der Waals surface area contributed by atoms with Crippen LogP contribution in [0.3, 0.4) is 0 Å². The lowest BCUT2D eigenvalue weighted by molar-refractivity contribution is -0.140. The summed E-state index contributed by atoms with van der Waals surface area (Å²) in [4.78, 5) is 27.3. The third-order valence-electron chi connectivity index (χ3n) is 3.27. The number of amides is 2. The van der Waals surface area contributed by atoms with E-state index in [2.05, 4.69) is 4.98 Å². The van der Waals surface area contributed by atoms with E-state index in [1.54, 1.807) is 4.72 Å². The molecule has 0 aliphatic carbocycles. The maximum Gasteiger partial charge on any atom is 0.417 e. The first-order valence-electron chi connectivity index (χ1n) is 6.36. The van der Waals surface area contributed by atoms with Crippen LogP contribution in [0.15, 0.2) is 23.4 Å². The number of carbonyl (C=O) groups excluding carboxylic acids is 2. The zero-order chi connectivity index (χ0) is 17.4. The monoisotopic (exact) mass is 351 g/mol. The molecule has 1 aromatic heterocycles. The molecule has 1 aliphatic heterocycles. The molecule has 0 radical (unpaired) electrons. The highest BCUT2D eigenvalue weighted by molar-refractivity contribution is 7.90. The van der Waals surface area contributed by atoms with Crippen LogP contribution >= 0.6 is 0 Å². The number of hydrogen-bond acceptors (Lipinski definition) is 5. The summed E-state index contributed by atoms with van der Waals surface area (Å²) in [7, 11) is -4.36. The molecule has 126 valence electrons. The van der Waals surface area contributed by atoms with E-state index in [-0.39, 0.29) is 19.0 Å². The third-order valence-corrected chi connectivity index (χ3v) is 4.53. The lowest BCUT2D eigenvalue weighted by atomic mass is 10.00. The minimum atomic E-state index is -4.64. The Labute approximate surface area is 129 Å². The summed E-state index contributed by atoms with van der Waals surface area (Å²) in [5.74, 6) is -1.74. The van der Waals surface area contributed by atoms with Crippen molar-refractivity contribution in [3.05, 3.63) is 23.9 Å². The highest BCUT2D eigenvalue weighted by Crippen LogP contribution is 2.28. The molecule has 0 atom stereocenters.